The fourth-order valence-corrected chi connectivity index (χ4v) is 2.69. The Morgan fingerprint density at radius 3 is 2.62 bits per heavy atom. The van der Waals surface area contributed by atoms with Crippen LogP contribution in [-0.2, 0) is 4.74 Å². The number of hydrogen-bond donors (Lipinski definition) is 4. The Morgan fingerprint density at radius 1 is 1.29 bits per heavy atom. The normalized spacial score (nSPS) is 29.1. The van der Waals surface area contributed by atoms with Gasteiger partial charge in [0.25, 0.3) is 0 Å². The van der Waals surface area contributed by atoms with Gasteiger partial charge in [0.2, 0.25) is 0 Å². The van der Waals surface area contributed by atoms with E-state index in [0.29, 0.717) is 10.9 Å². The van der Waals surface area contributed by atoms with Crippen LogP contribution < -0.4 is 0 Å². The molecule has 112 valence electrons. The van der Waals surface area contributed by atoms with Gasteiger partial charge in [-0.15, -0.1) is 0 Å². The molecular formula is C13H14N2O6. The molecule has 1 fully saturated rings. The van der Waals surface area contributed by atoms with Crippen molar-refractivity contribution in [2.24, 2.45) is 0 Å². The first-order valence-electron chi connectivity index (χ1n) is 6.42. The Labute approximate surface area is 118 Å². The van der Waals surface area contributed by atoms with Gasteiger partial charge in [-0.1, -0.05) is 12.1 Å². The Kier molecular flexibility index (Phi) is 3.38. The Bertz CT molecular complexity index is 684. The summed E-state index contributed by atoms with van der Waals surface area (Å²) in [5.41, 5.74) is 0.432. The van der Waals surface area contributed by atoms with E-state index in [1.54, 1.807) is 24.3 Å². The van der Waals surface area contributed by atoms with Crippen molar-refractivity contribution < 1.29 is 25.0 Å². The van der Waals surface area contributed by atoms with Crippen molar-refractivity contribution in [2.75, 3.05) is 6.61 Å². The summed E-state index contributed by atoms with van der Waals surface area (Å²) >= 11 is 0. The minimum absolute atomic E-state index is 0.0868. The molecule has 0 saturated carbocycles. The van der Waals surface area contributed by atoms with Crippen molar-refractivity contribution >= 4 is 16.6 Å². The van der Waals surface area contributed by atoms with E-state index >= 15 is 0 Å². The van der Waals surface area contributed by atoms with Crippen molar-refractivity contribution in [3.8, 4) is 0 Å². The molecule has 1 aliphatic heterocycles. The van der Waals surface area contributed by atoms with Gasteiger partial charge in [0.1, 0.15) is 30.1 Å². The smallest absolute Gasteiger partial charge is 0.300 e. The molecule has 1 aromatic heterocycles. The van der Waals surface area contributed by atoms with E-state index in [-0.39, 0.29) is 11.4 Å². The van der Waals surface area contributed by atoms with Gasteiger partial charge in [0.15, 0.2) is 0 Å². The number of aliphatic hydroxyl groups is 3. The number of para-hydroxylation sites is 1. The van der Waals surface area contributed by atoms with E-state index in [0.717, 1.165) is 0 Å². The zero-order valence-electron chi connectivity index (χ0n) is 10.8. The van der Waals surface area contributed by atoms with E-state index in [9.17, 15) is 20.3 Å². The molecule has 8 nitrogen and oxygen atoms in total. The molecule has 0 spiro atoms. The van der Waals surface area contributed by atoms with Crippen LogP contribution in [0.4, 0.5) is 5.69 Å². The van der Waals surface area contributed by atoms with Crippen LogP contribution in [0.3, 0.4) is 0 Å². The molecule has 1 aromatic carbocycles. The zero-order valence-corrected chi connectivity index (χ0v) is 10.8. The molecule has 1 aliphatic rings. The topological polar surface area (TPSA) is 129 Å². The van der Waals surface area contributed by atoms with Gasteiger partial charge < -0.3 is 25.0 Å². The average Bonchev–Trinajstić information content (AvgIpc) is 2.98. The van der Waals surface area contributed by atoms with Crippen LogP contribution >= 0.6 is 0 Å². The van der Waals surface area contributed by atoms with Gasteiger partial charge in [-0.2, -0.15) is 0 Å². The first kappa shape index (κ1) is 14.0. The molecule has 4 atom stereocenters. The van der Waals surface area contributed by atoms with E-state index in [4.69, 9.17) is 9.84 Å². The number of fused-ring (bicyclic) bond motifs is 1. The van der Waals surface area contributed by atoms with E-state index in [1.165, 1.54) is 0 Å². The minimum atomic E-state index is -1.35. The van der Waals surface area contributed by atoms with Crippen LogP contribution in [-0.4, -0.2) is 50.1 Å². The van der Waals surface area contributed by atoms with Gasteiger partial charge >= 0.3 is 5.69 Å². The van der Waals surface area contributed by atoms with E-state index in [2.05, 4.69) is 4.98 Å². The molecule has 2 heterocycles. The first-order chi connectivity index (χ1) is 10.0. The summed E-state index contributed by atoms with van der Waals surface area (Å²) in [6.07, 6.45) is -4.72. The van der Waals surface area contributed by atoms with Crippen molar-refractivity contribution in [1.29, 1.82) is 0 Å². The molecule has 0 bridgehead atoms. The van der Waals surface area contributed by atoms with Crippen molar-refractivity contribution in [3.05, 3.63) is 40.1 Å². The van der Waals surface area contributed by atoms with Gasteiger partial charge in [0.05, 0.1) is 22.4 Å². The summed E-state index contributed by atoms with van der Waals surface area (Å²) in [5, 5.41) is 40.6. The summed E-state index contributed by atoms with van der Waals surface area (Å²) < 4.78 is 5.36. The molecule has 8 heteroatoms. The lowest BCUT2D eigenvalue weighted by Crippen LogP contribution is -2.32. The third kappa shape index (κ3) is 2.09. The number of nitro groups is 1. The second kappa shape index (κ2) is 5.08. The predicted molar refractivity (Wildman–Crippen MR) is 71.7 cm³/mol. The van der Waals surface area contributed by atoms with Crippen molar-refractivity contribution in [2.45, 2.75) is 24.4 Å². The quantitative estimate of drug-likeness (QED) is 0.474. The lowest BCUT2D eigenvalue weighted by Gasteiger charge is -2.12. The number of hydrogen-bond acceptors (Lipinski definition) is 6. The zero-order chi connectivity index (χ0) is 15.1. The van der Waals surface area contributed by atoms with Crippen LogP contribution in [0.15, 0.2) is 24.3 Å². The minimum Gasteiger partial charge on any atom is -0.394 e. The molecule has 0 aliphatic carbocycles. The summed E-state index contributed by atoms with van der Waals surface area (Å²) in [6, 6.07) is 6.66. The van der Waals surface area contributed by atoms with Crippen LogP contribution in [0.1, 0.15) is 11.8 Å². The average molecular weight is 294 g/mol. The lowest BCUT2D eigenvalue weighted by molar-refractivity contribution is -0.384. The number of H-pyrrole nitrogens is 1. The monoisotopic (exact) mass is 294 g/mol. The van der Waals surface area contributed by atoms with Crippen LogP contribution in [0, 0.1) is 10.1 Å². The van der Waals surface area contributed by atoms with Crippen LogP contribution in [0.5, 0.6) is 0 Å². The number of benzene rings is 1. The highest BCUT2D eigenvalue weighted by Gasteiger charge is 2.46. The highest BCUT2D eigenvalue weighted by molar-refractivity contribution is 5.90. The van der Waals surface area contributed by atoms with Gasteiger partial charge in [0, 0.05) is 0 Å². The predicted octanol–water partition coefficient (Wildman–Crippen LogP) is 0.230. The number of nitrogens with zero attached hydrogens (tertiary/aromatic N) is 1. The highest BCUT2D eigenvalue weighted by Crippen LogP contribution is 2.40. The molecule has 0 radical (unpaired) electrons. The number of aliphatic hydroxyl groups excluding tert-OH is 3. The van der Waals surface area contributed by atoms with Gasteiger partial charge in [-0.05, 0) is 12.1 Å². The molecule has 1 saturated heterocycles. The third-order valence-corrected chi connectivity index (χ3v) is 3.72. The van der Waals surface area contributed by atoms with Crippen LogP contribution in [0.25, 0.3) is 10.9 Å². The van der Waals surface area contributed by atoms with Crippen molar-refractivity contribution in [1.82, 2.24) is 4.98 Å². The number of aromatic nitrogens is 1. The summed E-state index contributed by atoms with van der Waals surface area (Å²) in [4.78, 5) is 13.6. The summed E-state index contributed by atoms with van der Waals surface area (Å²) in [7, 11) is 0. The van der Waals surface area contributed by atoms with E-state index < -0.39 is 35.9 Å². The summed E-state index contributed by atoms with van der Waals surface area (Å²) in [5.74, 6) is 0. The largest absolute Gasteiger partial charge is 0.394 e. The molecule has 4 N–H and O–H groups in total. The van der Waals surface area contributed by atoms with Crippen LogP contribution in [0.2, 0.25) is 0 Å². The number of aromatic amines is 1. The molecular weight excluding hydrogens is 280 g/mol. The third-order valence-electron chi connectivity index (χ3n) is 3.72. The molecule has 21 heavy (non-hydrogen) atoms. The number of nitrogens with one attached hydrogen (secondary N) is 1. The fraction of sp³-hybridized carbons (Fsp3) is 0.385. The second-order valence-electron chi connectivity index (χ2n) is 4.95. The lowest BCUT2D eigenvalue weighted by atomic mass is 10.0. The molecule has 3 rings (SSSR count). The molecule has 0 unspecified atom stereocenters. The molecule has 0 amide bonds. The molecule has 2 aromatic rings. The number of ether oxygens (including phenoxy) is 1. The van der Waals surface area contributed by atoms with Gasteiger partial charge in [-0.3, -0.25) is 10.1 Å². The Morgan fingerprint density at radius 2 is 2.00 bits per heavy atom. The maximum atomic E-state index is 11.3. The highest BCUT2D eigenvalue weighted by atomic mass is 16.6. The SMILES string of the molecule is O=[N+]([O-])c1c([C@@H]2O[C@H](CO)[C@@H](O)[C@H]2O)[nH]c2ccccc12. The standard InChI is InChI=1S/C13H14N2O6/c16-5-8-11(17)12(18)13(21-8)9-10(15(19)20)6-3-1-2-4-7(6)14-9/h1-4,8,11-14,16-18H,5H2/t8-,11-,12-,13+/m1/s1. The maximum absolute atomic E-state index is 11.3. The Hall–Kier alpha value is -2.00. The second-order valence-corrected chi connectivity index (χ2v) is 4.95. The Balaban J connectivity index is 2.12. The first-order valence-corrected chi connectivity index (χ1v) is 6.42. The van der Waals surface area contributed by atoms with Gasteiger partial charge in [-0.25, -0.2) is 0 Å². The summed E-state index contributed by atoms with van der Waals surface area (Å²) in [6.45, 7) is -0.483. The van der Waals surface area contributed by atoms with E-state index in [1.807, 2.05) is 0 Å². The number of rotatable bonds is 3. The fourth-order valence-electron chi connectivity index (χ4n) is 2.69. The maximum Gasteiger partial charge on any atom is 0.300 e. The van der Waals surface area contributed by atoms with Crippen molar-refractivity contribution in [3.63, 3.8) is 0 Å².